The SMILES string of the molecule is CC(C)(C(=O)NCCCC(=O)O)c1ccccc1. The smallest absolute Gasteiger partial charge is 0.303 e. The Bertz CT molecular complexity index is 412. The highest BCUT2D eigenvalue weighted by Gasteiger charge is 2.28. The van der Waals surface area contributed by atoms with Gasteiger partial charge < -0.3 is 10.4 Å². The Labute approximate surface area is 107 Å². The second kappa shape index (κ2) is 6.19. The van der Waals surface area contributed by atoms with E-state index in [-0.39, 0.29) is 12.3 Å². The molecule has 1 aromatic rings. The third-order valence-corrected chi connectivity index (χ3v) is 2.92. The number of benzene rings is 1. The molecule has 0 saturated heterocycles. The molecule has 1 amide bonds. The standard InChI is InChI=1S/C14H19NO3/c1-14(2,11-7-4-3-5-8-11)13(18)15-10-6-9-12(16)17/h3-5,7-8H,6,9-10H2,1-2H3,(H,15,18)(H,16,17). The van der Waals surface area contributed by atoms with Gasteiger partial charge in [-0.3, -0.25) is 9.59 Å². The van der Waals surface area contributed by atoms with Crippen molar-refractivity contribution < 1.29 is 14.7 Å². The van der Waals surface area contributed by atoms with Gasteiger partial charge in [-0.05, 0) is 25.8 Å². The van der Waals surface area contributed by atoms with Crippen LogP contribution in [0.5, 0.6) is 0 Å². The van der Waals surface area contributed by atoms with Gasteiger partial charge in [-0.2, -0.15) is 0 Å². The first-order chi connectivity index (χ1) is 8.44. The highest BCUT2D eigenvalue weighted by molar-refractivity contribution is 5.87. The van der Waals surface area contributed by atoms with Crippen LogP contribution in [0.4, 0.5) is 0 Å². The largest absolute Gasteiger partial charge is 0.481 e. The van der Waals surface area contributed by atoms with E-state index in [2.05, 4.69) is 5.32 Å². The minimum absolute atomic E-state index is 0.0754. The second-order valence-corrected chi connectivity index (χ2v) is 4.74. The maximum Gasteiger partial charge on any atom is 0.303 e. The van der Waals surface area contributed by atoms with Crippen molar-refractivity contribution in [2.45, 2.75) is 32.1 Å². The fourth-order valence-corrected chi connectivity index (χ4v) is 1.65. The Hall–Kier alpha value is -1.84. The van der Waals surface area contributed by atoms with Crippen molar-refractivity contribution in [3.63, 3.8) is 0 Å². The van der Waals surface area contributed by atoms with Gasteiger partial charge in [0.25, 0.3) is 0 Å². The van der Waals surface area contributed by atoms with E-state index < -0.39 is 11.4 Å². The molecule has 0 bridgehead atoms. The van der Waals surface area contributed by atoms with Gasteiger partial charge in [0.1, 0.15) is 0 Å². The van der Waals surface area contributed by atoms with E-state index in [4.69, 9.17) is 5.11 Å². The number of carbonyl (C=O) groups is 2. The summed E-state index contributed by atoms with van der Waals surface area (Å²) in [5.74, 6) is -0.925. The molecular formula is C14H19NO3. The molecule has 1 aromatic carbocycles. The number of carboxylic acids is 1. The maximum absolute atomic E-state index is 12.1. The Morgan fingerprint density at radius 1 is 1.22 bits per heavy atom. The summed E-state index contributed by atoms with van der Waals surface area (Å²) in [5, 5.41) is 11.3. The van der Waals surface area contributed by atoms with Gasteiger partial charge >= 0.3 is 5.97 Å². The Balaban J connectivity index is 2.52. The highest BCUT2D eigenvalue weighted by atomic mass is 16.4. The molecule has 0 heterocycles. The molecule has 0 unspecified atom stereocenters. The monoisotopic (exact) mass is 249 g/mol. The molecule has 0 aliphatic heterocycles. The number of carbonyl (C=O) groups excluding carboxylic acids is 1. The fraction of sp³-hybridized carbons (Fsp3) is 0.429. The predicted molar refractivity (Wildman–Crippen MR) is 69.3 cm³/mol. The molecule has 2 N–H and O–H groups in total. The van der Waals surface area contributed by atoms with E-state index in [0.717, 1.165) is 5.56 Å². The molecule has 18 heavy (non-hydrogen) atoms. The number of carboxylic acid groups (broad SMARTS) is 1. The lowest BCUT2D eigenvalue weighted by atomic mass is 9.84. The zero-order valence-corrected chi connectivity index (χ0v) is 10.8. The van der Waals surface area contributed by atoms with Gasteiger partial charge in [-0.15, -0.1) is 0 Å². The summed E-state index contributed by atoms with van der Waals surface area (Å²) < 4.78 is 0. The molecule has 0 aliphatic carbocycles. The summed E-state index contributed by atoms with van der Waals surface area (Å²) in [6.07, 6.45) is 0.526. The lowest BCUT2D eigenvalue weighted by molar-refractivity contribution is -0.137. The molecule has 1 rings (SSSR count). The second-order valence-electron chi connectivity index (χ2n) is 4.74. The molecular weight excluding hydrogens is 230 g/mol. The first-order valence-electron chi connectivity index (χ1n) is 6.00. The van der Waals surface area contributed by atoms with E-state index in [0.29, 0.717) is 13.0 Å². The summed E-state index contributed by atoms with van der Waals surface area (Å²) in [6.45, 7) is 4.10. The molecule has 0 fully saturated rings. The van der Waals surface area contributed by atoms with Crippen molar-refractivity contribution in [3.05, 3.63) is 35.9 Å². The minimum Gasteiger partial charge on any atom is -0.481 e. The van der Waals surface area contributed by atoms with Gasteiger partial charge in [-0.25, -0.2) is 0 Å². The number of rotatable bonds is 6. The van der Waals surface area contributed by atoms with E-state index in [1.165, 1.54) is 0 Å². The molecule has 0 aliphatic rings. The van der Waals surface area contributed by atoms with Gasteiger partial charge in [0.05, 0.1) is 5.41 Å². The van der Waals surface area contributed by atoms with Crippen molar-refractivity contribution >= 4 is 11.9 Å². The van der Waals surface area contributed by atoms with Crippen LogP contribution in [0.15, 0.2) is 30.3 Å². The Morgan fingerprint density at radius 3 is 2.39 bits per heavy atom. The Morgan fingerprint density at radius 2 is 1.83 bits per heavy atom. The van der Waals surface area contributed by atoms with Crippen LogP contribution in [-0.2, 0) is 15.0 Å². The molecule has 98 valence electrons. The highest BCUT2D eigenvalue weighted by Crippen LogP contribution is 2.22. The number of aliphatic carboxylic acids is 1. The van der Waals surface area contributed by atoms with Gasteiger partial charge in [0.15, 0.2) is 0 Å². The van der Waals surface area contributed by atoms with Gasteiger partial charge in [0.2, 0.25) is 5.91 Å². The number of hydrogen-bond donors (Lipinski definition) is 2. The van der Waals surface area contributed by atoms with Crippen LogP contribution in [0.1, 0.15) is 32.3 Å². The van der Waals surface area contributed by atoms with Crippen LogP contribution in [0.25, 0.3) is 0 Å². The summed E-state index contributed by atoms with van der Waals surface area (Å²) >= 11 is 0. The van der Waals surface area contributed by atoms with E-state index in [1.54, 1.807) is 0 Å². The van der Waals surface area contributed by atoms with Crippen LogP contribution in [-0.4, -0.2) is 23.5 Å². The van der Waals surface area contributed by atoms with Crippen molar-refractivity contribution in [3.8, 4) is 0 Å². The first kappa shape index (κ1) is 14.2. The fourth-order valence-electron chi connectivity index (χ4n) is 1.65. The Kier molecular flexibility index (Phi) is 4.89. The van der Waals surface area contributed by atoms with Crippen LogP contribution in [0.2, 0.25) is 0 Å². The quantitative estimate of drug-likeness (QED) is 0.757. The van der Waals surface area contributed by atoms with E-state index in [9.17, 15) is 9.59 Å². The summed E-state index contributed by atoms with van der Waals surface area (Å²) in [4.78, 5) is 22.4. The van der Waals surface area contributed by atoms with E-state index in [1.807, 2.05) is 44.2 Å². The molecule has 0 atom stereocenters. The molecule has 0 radical (unpaired) electrons. The molecule has 0 saturated carbocycles. The lowest BCUT2D eigenvalue weighted by Gasteiger charge is -2.24. The summed E-state index contributed by atoms with van der Waals surface area (Å²) in [5.41, 5.74) is 0.338. The number of hydrogen-bond acceptors (Lipinski definition) is 2. The maximum atomic E-state index is 12.1. The number of amides is 1. The van der Waals surface area contributed by atoms with E-state index >= 15 is 0 Å². The van der Waals surface area contributed by atoms with Crippen molar-refractivity contribution in [2.75, 3.05) is 6.54 Å². The third-order valence-electron chi connectivity index (χ3n) is 2.92. The molecule has 0 aromatic heterocycles. The van der Waals surface area contributed by atoms with Gasteiger partial charge in [0, 0.05) is 13.0 Å². The zero-order chi connectivity index (χ0) is 13.6. The first-order valence-corrected chi connectivity index (χ1v) is 6.00. The summed E-state index contributed by atoms with van der Waals surface area (Å²) in [6, 6.07) is 9.53. The molecule has 0 spiro atoms. The minimum atomic E-state index is -0.841. The van der Waals surface area contributed by atoms with Crippen molar-refractivity contribution in [2.24, 2.45) is 0 Å². The molecule has 4 nitrogen and oxygen atoms in total. The van der Waals surface area contributed by atoms with Crippen molar-refractivity contribution in [1.82, 2.24) is 5.32 Å². The lowest BCUT2D eigenvalue weighted by Crippen LogP contribution is -2.40. The van der Waals surface area contributed by atoms with Crippen LogP contribution in [0, 0.1) is 0 Å². The zero-order valence-electron chi connectivity index (χ0n) is 10.8. The average molecular weight is 249 g/mol. The summed E-state index contributed by atoms with van der Waals surface area (Å²) in [7, 11) is 0. The third kappa shape index (κ3) is 3.87. The average Bonchev–Trinajstić information content (AvgIpc) is 2.35. The van der Waals surface area contributed by atoms with Gasteiger partial charge in [-0.1, -0.05) is 30.3 Å². The van der Waals surface area contributed by atoms with Crippen LogP contribution >= 0.6 is 0 Å². The number of nitrogens with one attached hydrogen (secondary N) is 1. The van der Waals surface area contributed by atoms with Crippen molar-refractivity contribution in [1.29, 1.82) is 0 Å². The molecule has 4 heteroatoms. The topological polar surface area (TPSA) is 66.4 Å². The predicted octanol–water partition coefficient (Wildman–Crippen LogP) is 1.95. The normalized spacial score (nSPS) is 11.0. The van der Waals surface area contributed by atoms with Crippen LogP contribution in [0.3, 0.4) is 0 Å². The van der Waals surface area contributed by atoms with Crippen LogP contribution < -0.4 is 5.32 Å².